The van der Waals surface area contributed by atoms with Gasteiger partial charge in [0.15, 0.2) is 0 Å². The maximum atomic E-state index is 10.1. The Morgan fingerprint density at radius 3 is 2.30 bits per heavy atom. The molecule has 0 aromatic heterocycles. The third-order valence-corrected chi connectivity index (χ3v) is 1.93. The van der Waals surface area contributed by atoms with Gasteiger partial charge in [-0.1, -0.05) is 4.57 Å². The standard InChI is InChI=1S/C4H7O5P/c5-2-1-3(4(6)7)10(8)9/h3,5H,1-2H2,(H,6,7). The lowest BCUT2D eigenvalue weighted by Crippen LogP contribution is -2.20. The molecule has 6 heteroatoms. The van der Waals surface area contributed by atoms with E-state index in [1.54, 1.807) is 0 Å². The predicted molar refractivity (Wildman–Crippen MR) is 30.7 cm³/mol. The first-order valence-corrected chi connectivity index (χ1v) is 3.81. The molecular weight excluding hydrogens is 159 g/mol. The Labute approximate surface area is 58.2 Å². The first kappa shape index (κ1) is 9.49. The smallest absolute Gasteiger partial charge is 0.355 e. The molecule has 0 saturated carbocycles. The second-order valence-electron chi connectivity index (χ2n) is 1.65. The van der Waals surface area contributed by atoms with Gasteiger partial charge in [-0.2, -0.15) is 0 Å². The molecule has 0 aliphatic carbocycles. The Bertz CT molecular complexity index is 131. The third-order valence-electron chi connectivity index (χ3n) is 0.942. The van der Waals surface area contributed by atoms with Crippen molar-refractivity contribution in [1.29, 1.82) is 0 Å². The van der Waals surface area contributed by atoms with Crippen LogP contribution in [0.2, 0.25) is 0 Å². The first-order chi connectivity index (χ1) is 4.59. The van der Waals surface area contributed by atoms with Crippen LogP contribution in [0.5, 0.6) is 0 Å². The summed E-state index contributed by atoms with van der Waals surface area (Å²) in [7, 11) is -2.97. The van der Waals surface area contributed by atoms with E-state index in [9.17, 15) is 14.3 Å². The molecule has 0 aliphatic heterocycles. The van der Waals surface area contributed by atoms with Crippen LogP contribution in [0.25, 0.3) is 0 Å². The van der Waals surface area contributed by atoms with E-state index in [-0.39, 0.29) is 6.42 Å². The zero-order valence-electron chi connectivity index (χ0n) is 5.06. The molecule has 0 heterocycles. The number of carbonyl (C=O) groups is 1. The van der Waals surface area contributed by atoms with Gasteiger partial charge in [-0.3, -0.25) is 0 Å². The summed E-state index contributed by atoms with van der Waals surface area (Å²) in [5.74, 6) is -1.41. The van der Waals surface area contributed by atoms with Crippen LogP contribution in [-0.2, 0) is 9.36 Å². The molecule has 58 valence electrons. The third kappa shape index (κ3) is 2.87. The molecule has 2 atom stereocenters. The van der Waals surface area contributed by atoms with Crippen molar-refractivity contribution in [2.75, 3.05) is 6.61 Å². The van der Waals surface area contributed by atoms with Crippen LogP contribution in [0.1, 0.15) is 6.42 Å². The Morgan fingerprint density at radius 2 is 2.20 bits per heavy atom. The highest BCUT2D eigenvalue weighted by Gasteiger charge is 2.29. The SMILES string of the molecule is O=C(O)C(CCO)[P+](=O)[O-]. The summed E-state index contributed by atoms with van der Waals surface area (Å²) in [5, 5.41) is 16.4. The van der Waals surface area contributed by atoms with Gasteiger partial charge in [0, 0.05) is 13.0 Å². The van der Waals surface area contributed by atoms with E-state index in [1.807, 2.05) is 0 Å². The molecule has 0 radical (unpaired) electrons. The topological polar surface area (TPSA) is 97.7 Å². The largest absolute Gasteiger partial charge is 0.595 e. The molecule has 0 fully saturated rings. The Kier molecular flexibility index (Phi) is 4.11. The molecule has 0 aliphatic rings. The van der Waals surface area contributed by atoms with E-state index in [1.165, 1.54) is 0 Å². The van der Waals surface area contributed by atoms with Gasteiger partial charge in [0.1, 0.15) is 0 Å². The van der Waals surface area contributed by atoms with Gasteiger partial charge in [-0.25, -0.2) is 4.79 Å². The van der Waals surface area contributed by atoms with Crippen molar-refractivity contribution in [2.45, 2.75) is 12.1 Å². The van der Waals surface area contributed by atoms with E-state index in [0.717, 1.165) is 0 Å². The van der Waals surface area contributed by atoms with Gasteiger partial charge < -0.3 is 15.1 Å². The molecule has 0 aromatic carbocycles. The van der Waals surface area contributed by atoms with Gasteiger partial charge in [0.2, 0.25) is 0 Å². The number of hydrogen-bond donors (Lipinski definition) is 2. The fourth-order valence-electron chi connectivity index (χ4n) is 0.441. The summed E-state index contributed by atoms with van der Waals surface area (Å²) in [4.78, 5) is 20.1. The number of hydrogen-bond acceptors (Lipinski definition) is 4. The Morgan fingerprint density at radius 1 is 1.70 bits per heavy atom. The molecule has 10 heavy (non-hydrogen) atoms. The van der Waals surface area contributed by atoms with E-state index in [2.05, 4.69) is 0 Å². The fraction of sp³-hybridized carbons (Fsp3) is 0.750. The molecule has 0 bridgehead atoms. The Hall–Kier alpha value is -0.510. The highest BCUT2D eigenvalue weighted by molar-refractivity contribution is 7.38. The van der Waals surface area contributed by atoms with Gasteiger partial charge in [-0.15, -0.1) is 0 Å². The maximum Gasteiger partial charge on any atom is 0.355 e. The normalized spacial score (nSPS) is 14.4. The molecular formula is C4H7O5P. The lowest BCUT2D eigenvalue weighted by Gasteiger charge is -1.99. The van der Waals surface area contributed by atoms with Crippen molar-refractivity contribution in [1.82, 2.24) is 0 Å². The lowest BCUT2D eigenvalue weighted by molar-refractivity contribution is -0.169. The van der Waals surface area contributed by atoms with Crippen molar-refractivity contribution in [2.24, 2.45) is 0 Å². The van der Waals surface area contributed by atoms with E-state index < -0.39 is 26.3 Å². The molecule has 0 amide bonds. The van der Waals surface area contributed by atoms with Gasteiger partial charge in [0.05, 0.1) is 0 Å². The summed E-state index contributed by atoms with van der Waals surface area (Å²) in [6, 6.07) is 0. The van der Waals surface area contributed by atoms with Crippen molar-refractivity contribution >= 4 is 14.0 Å². The minimum atomic E-state index is -2.97. The van der Waals surface area contributed by atoms with Crippen molar-refractivity contribution < 1.29 is 24.5 Å². The van der Waals surface area contributed by atoms with E-state index in [4.69, 9.17) is 10.2 Å². The molecule has 0 rings (SSSR count). The van der Waals surface area contributed by atoms with E-state index >= 15 is 0 Å². The maximum absolute atomic E-state index is 10.1. The molecule has 2 unspecified atom stereocenters. The van der Waals surface area contributed by atoms with Crippen molar-refractivity contribution in [3.8, 4) is 0 Å². The van der Waals surface area contributed by atoms with Crippen LogP contribution >= 0.6 is 8.03 Å². The summed E-state index contributed by atoms with van der Waals surface area (Å²) in [6.45, 7) is -0.430. The molecule has 5 nitrogen and oxygen atoms in total. The lowest BCUT2D eigenvalue weighted by atomic mass is 10.3. The minimum absolute atomic E-state index is 0.242. The fourth-order valence-corrected chi connectivity index (χ4v) is 0.948. The van der Waals surface area contributed by atoms with E-state index in [0.29, 0.717) is 0 Å². The van der Waals surface area contributed by atoms with Crippen LogP contribution in [-0.4, -0.2) is 28.4 Å². The number of aliphatic hydroxyl groups is 1. The number of aliphatic hydroxyl groups excluding tert-OH is 1. The number of carboxylic acid groups (broad SMARTS) is 1. The van der Waals surface area contributed by atoms with Crippen LogP contribution in [0.4, 0.5) is 0 Å². The van der Waals surface area contributed by atoms with Crippen LogP contribution < -0.4 is 4.89 Å². The highest BCUT2D eigenvalue weighted by atomic mass is 31.1. The summed E-state index contributed by atoms with van der Waals surface area (Å²) < 4.78 is 10.1. The molecule has 2 N–H and O–H groups in total. The number of carboxylic acids is 1. The van der Waals surface area contributed by atoms with Crippen LogP contribution in [0.3, 0.4) is 0 Å². The molecule has 0 saturated heterocycles. The average molecular weight is 166 g/mol. The van der Waals surface area contributed by atoms with Crippen molar-refractivity contribution in [3.05, 3.63) is 0 Å². The zero-order valence-corrected chi connectivity index (χ0v) is 5.95. The zero-order chi connectivity index (χ0) is 8.15. The molecule has 0 spiro atoms. The summed E-state index contributed by atoms with van der Waals surface area (Å²) >= 11 is 0. The van der Waals surface area contributed by atoms with Crippen LogP contribution in [0, 0.1) is 0 Å². The minimum Gasteiger partial charge on any atom is -0.595 e. The monoisotopic (exact) mass is 166 g/mol. The highest BCUT2D eigenvalue weighted by Crippen LogP contribution is 2.20. The van der Waals surface area contributed by atoms with Gasteiger partial charge in [-0.05, 0) is 0 Å². The van der Waals surface area contributed by atoms with Gasteiger partial charge >= 0.3 is 14.0 Å². The summed E-state index contributed by atoms with van der Waals surface area (Å²) in [5.41, 5.74) is -1.44. The van der Waals surface area contributed by atoms with Crippen LogP contribution in [0.15, 0.2) is 0 Å². The average Bonchev–Trinajstić information content (AvgIpc) is 1.81. The Balaban J connectivity index is 3.98. The van der Waals surface area contributed by atoms with Crippen molar-refractivity contribution in [3.63, 3.8) is 0 Å². The first-order valence-electron chi connectivity index (χ1n) is 2.56. The van der Waals surface area contributed by atoms with Gasteiger partial charge in [0.25, 0.3) is 5.66 Å². The predicted octanol–water partition coefficient (Wildman–Crippen LogP) is -1.08. The second kappa shape index (κ2) is 4.33. The number of aliphatic carboxylic acids is 1. The molecule has 0 aromatic rings. The quantitative estimate of drug-likeness (QED) is 0.518. The summed E-state index contributed by atoms with van der Waals surface area (Å²) in [6.07, 6.45) is -0.242. The number of rotatable bonds is 4. The second-order valence-corrected chi connectivity index (χ2v) is 2.85.